The number of carbonyl (C=O) groups excluding carboxylic acids is 2. The summed E-state index contributed by atoms with van der Waals surface area (Å²) >= 11 is 1.56. The van der Waals surface area contributed by atoms with Crippen LogP contribution in [0.3, 0.4) is 0 Å². The lowest BCUT2D eigenvalue weighted by Crippen LogP contribution is -2.36. The summed E-state index contributed by atoms with van der Waals surface area (Å²) in [6, 6.07) is 17.4. The highest BCUT2D eigenvalue weighted by Crippen LogP contribution is 2.30. The van der Waals surface area contributed by atoms with E-state index < -0.39 is 0 Å². The molecule has 1 atom stereocenters. The van der Waals surface area contributed by atoms with E-state index in [1.165, 1.54) is 0 Å². The number of hydrogen-bond donors (Lipinski definition) is 1. The minimum absolute atomic E-state index is 0.0715. The normalized spacial score (nSPS) is 17.3. The Hall–Kier alpha value is -2.27. The van der Waals surface area contributed by atoms with Crippen LogP contribution in [0.2, 0.25) is 0 Å². The van der Waals surface area contributed by atoms with Crippen LogP contribution in [0, 0.1) is 0 Å². The molecule has 1 aliphatic heterocycles. The molecule has 0 aromatic heterocycles. The molecule has 1 fully saturated rings. The summed E-state index contributed by atoms with van der Waals surface area (Å²) in [4.78, 5) is 27.8. The minimum atomic E-state index is -0.128. The summed E-state index contributed by atoms with van der Waals surface area (Å²) in [5.74, 6) is -0.0561. The van der Waals surface area contributed by atoms with Crippen LogP contribution >= 0.6 is 11.8 Å². The lowest BCUT2D eigenvalue weighted by Gasteiger charge is -2.14. The van der Waals surface area contributed by atoms with Crippen LogP contribution in [0.4, 0.5) is 0 Å². The van der Waals surface area contributed by atoms with Gasteiger partial charge in [0.25, 0.3) is 5.91 Å². The van der Waals surface area contributed by atoms with Crippen molar-refractivity contribution in [1.29, 1.82) is 0 Å². The van der Waals surface area contributed by atoms with Gasteiger partial charge in [-0.05, 0) is 24.3 Å². The predicted octanol–water partition coefficient (Wildman–Crippen LogP) is 2.80. The van der Waals surface area contributed by atoms with Gasteiger partial charge in [0.05, 0.1) is 11.6 Å². The van der Waals surface area contributed by atoms with Crippen LogP contribution in [0.5, 0.6) is 0 Å². The molecule has 1 saturated heterocycles. The van der Waals surface area contributed by atoms with Crippen LogP contribution in [-0.2, 0) is 4.79 Å². The van der Waals surface area contributed by atoms with Crippen molar-refractivity contribution in [3.8, 4) is 0 Å². The summed E-state index contributed by atoms with van der Waals surface area (Å²) in [7, 11) is 1.76. The van der Waals surface area contributed by atoms with Crippen molar-refractivity contribution in [2.75, 3.05) is 13.6 Å². The lowest BCUT2D eigenvalue weighted by atomic mass is 10.2. The van der Waals surface area contributed by atoms with Crippen molar-refractivity contribution in [3.63, 3.8) is 0 Å². The Bertz CT molecular complexity index is 718. The topological polar surface area (TPSA) is 49.4 Å². The Morgan fingerprint density at radius 2 is 1.83 bits per heavy atom. The summed E-state index contributed by atoms with van der Waals surface area (Å²) in [6.45, 7) is 0.568. The van der Waals surface area contributed by atoms with Gasteiger partial charge in [-0.2, -0.15) is 0 Å². The van der Waals surface area contributed by atoms with Gasteiger partial charge in [0.2, 0.25) is 5.91 Å². The summed E-state index contributed by atoms with van der Waals surface area (Å²) in [6.07, 6.45) is 0.371. The van der Waals surface area contributed by atoms with Crippen LogP contribution in [-0.4, -0.2) is 36.3 Å². The zero-order valence-electron chi connectivity index (χ0n) is 12.9. The second-order valence-electron chi connectivity index (χ2n) is 5.56. The van der Waals surface area contributed by atoms with E-state index in [9.17, 15) is 9.59 Å². The highest BCUT2D eigenvalue weighted by atomic mass is 32.2. The Balaban J connectivity index is 1.75. The van der Waals surface area contributed by atoms with Gasteiger partial charge in [-0.15, -0.1) is 0 Å². The first-order valence-corrected chi connectivity index (χ1v) is 8.32. The van der Waals surface area contributed by atoms with E-state index in [0.717, 1.165) is 9.79 Å². The number of benzene rings is 2. The first-order chi connectivity index (χ1) is 11.1. The van der Waals surface area contributed by atoms with E-state index in [1.54, 1.807) is 23.7 Å². The third-order valence-electron chi connectivity index (χ3n) is 3.78. The SMILES string of the molecule is CN1C[C@H](NC(=O)c2ccccc2Sc2ccccc2)CC1=O. The van der Waals surface area contributed by atoms with Gasteiger partial charge >= 0.3 is 0 Å². The zero-order valence-corrected chi connectivity index (χ0v) is 13.7. The largest absolute Gasteiger partial charge is 0.347 e. The molecule has 0 unspecified atom stereocenters. The maximum absolute atomic E-state index is 12.6. The zero-order chi connectivity index (χ0) is 16.2. The molecular formula is C18H18N2O2S. The fourth-order valence-corrected chi connectivity index (χ4v) is 3.55. The Morgan fingerprint density at radius 3 is 2.52 bits per heavy atom. The van der Waals surface area contributed by atoms with Crippen molar-refractivity contribution in [1.82, 2.24) is 10.2 Å². The van der Waals surface area contributed by atoms with Gasteiger partial charge in [0, 0.05) is 29.8 Å². The average molecular weight is 326 g/mol. The molecule has 0 bridgehead atoms. The smallest absolute Gasteiger partial charge is 0.252 e. The standard InChI is InChI=1S/C18H18N2O2S/c1-20-12-13(11-17(20)21)19-18(22)15-9-5-6-10-16(15)23-14-7-3-2-4-8-14/h2-10,13H,11-12H2,1H3,(H,19,22)/t13-/m1/s1. The molecule has 0 radical (unpaired) electrons. The molecule has 0 saturated carbocycles. The van der Waals surface area contributed by atoms with Crippen molar-refractivity contribution in [3.05, 3.63) is 60.2 Å². The summed E-state index contributed by atoms with van der Waals surface area (Å²) < 4.78 is 0. The summed E-state index contributed by atoms with van der Waals surface area (Å²) in [5, 5.41) is 2.97. The van der Waals surface area contributed by atoms with Gasteiger partial charge in [-0.3, -0.25) is 9.59 Å². The van der Waals surface area contributed by atoms with Crippen LogP contribution in [0.1, 0.15) is 16.8 Å². The minimum Gasteiger partial charge on any atom is -0.347 e. The van der Waals surface area contributed by atoms with Gasteiger partial charge in [-0.1, -0.05) is 42.1 Å². The molecule has 1 N–H and O–H groups in total. The quantitative estimate of drug-likeness (QED) is 0.940. The molecule has 0 spiro atoms. The monoisotopic (exact) mass is 326 g/mol. The Kier molecular flexibility index (Phi) is 4.67. The Morgan fingerprint density at radius 1 is 1.13 bits per heavy atom. The predicted molar refractivity (Wildman–Crippen MR) is 90.5 cm³/mol. The molecule has 2 amide bonds. The number of nitrogens with zero attached hydrogens (tertiary/aromatic N) is 1. The number of rotatable bonds is 4. The van der Waals surface area contributed by atoms with E-state index in [2.05, 4.69) is 5.32 Å². The van der Waals surface area contributed by atoms with Gasteiger partial charge in [0.15, 0.2) is 0 Å². The molecule has 1 aliphatic rings. The number of amides is 2. The van der Waals surface area contributed by atoms with Crippen LogP contribution in [0.25, 0.3) is 0 Å². The van der Waals surface area contributed by atoms with E-state index in [1.807, 2.05) is 54.6 Å². The highest BCUT2D eigenvalue weighted by Gasteiger charge is 2.28. The van der Waals surface area contributed by atoms with Crippen molar-refractivity contribution in [2.45, 2.75) is 22.3 Å². The molecular weight excluding hydrogens is 308 g/mol. The van der Waals surface area contributed by atoms with Crippen molar-refractivity contribution < 1.29 is 9.59 Å². The lowest BCUT2D eigenvalue weighted by molar-refractivity contribution is -0.126. The third kappa shape index (κ3) is 3.74. The van der Waals surface area contributed by atoms with Gasteiger partial charge < -0.3 is 10.2 Å². The van der Waals surface area contributed by atoms with Gasteiger partial charge in [0.1, 0.15) is 0 Å². The first-order valence-electron chi connectivity index (χ1n) is 7.50. The number of hydrogen-bond acceptors (Lipinski definition) is 3. The third-order valence-corrected chi connectivity index (χ3v) is 4.86. The van der Waals surface area contributed by atoms with E-state index >= 15 is 0 Å². The second-order valence-corrected chi connectivity index (χ2v) is 6.68. The molecule has 3 rings (SSSR count). The highest BCUT2D eigenvalue weighted by molar-refractivity contribution is 7.99. The molecule has 1 heterocycles. The molecule has 2 aromatic carbocycles. The Labute approximate surface area is 139 Å². The first kappa shape index (κ1) is 15.6. The number of carbonyl (C=O) groups is 2. The molecule has 118 valence electrons. The fourth-order valence-electron chi connectivity index (χ4n) is 2.58. The average Bonchev–Trinajstić information content (AvgIpc) is 2.86. The molecule has 23 heavy (non-hydrogen) atoms. The second kappa shape index (κ2) is 6.87. The van der Waals surface area contributed by atoms with Gasteiger partial charge in [-0.25, -0.2) is 0 Å². The van der Waals surface area contributed by atoms with Crippen LogP contribution in [0.15, 0.2) is 64.4 Å². The number of likely N-dealkylation sites (N-methyl/N-ethyl adjacent to an activating group) is 1. The van der Waals surface area contributed by atoms with E-state index in [0.29, 0.717) is 18.5 Å². The molecule has 4 nitrogen and oxygen atoms in total. The fraction of sp³-hybridized carbons (Fsp3) is 0.222. The van der Waals surface area contributed by atoms with Crippen molar-refractivity contribution >= 4 is 23.6 Å². The number of likely N-dealkylation sites (tertiary alicyclic amines) is 1. The molecule has 0 aliphatic carbocycles. The maximum Gasteiger partial charge on any atom is 0.252 e. The number of nitrogens with one attached hydrogen (secondary N) is 1. The van der Waals surface area contributed by atoms with E-state index in [4.69, 9.17) is 0 Å². The van der Waals surface area contributed by atoms with Crippen LogP contribution < -0.4 is 5.32 Å². The van der Waals surface area contributed by atoms with Crippen molar-refractivity contribution in [2.24, 2.45) is 0 Å². The molecule has 2 aromatic rings. The van der Waals surface area contributed by atoms with E-state index in [-0.39, 0.29) is 17.9 Å². The molecule has 5 heteroatoms. The summed E-state index contributed by atoms with van der Waals surface area (Å²) in [5.41, 5.74) is 0.642. The maximum atomic E-state index is 12.6.